The largest absolute Gasteiger partial charge is 0.436 e. The Hall–Kier alpha value is -2.76. The predicted octanol–water partition coefficient (Wildman–Crippen LogP) is 0.726. The average Bonchev–Trinajstić information content (AvgIpc) is 2.95. The zero-order valence-corrected chi connectivity index (χ0v) is 15.1. The normalized spacial score (nSPS) is 19.8. The van der Waals surface area contributed by atoms with Gasteiger partial charge in [-0.1, -0.05) is 0 Å². The third-order valence-electron chi connectivity index (χ3n) is 5.15. The number of aliphatic hydroxyl groups excluding tert-OH is 1. The first-order valence-electron chi connectivity index (χ1n) is 9.02. The first-order chi connectivity index (χ1) is 13.7. The van der Waals surface area contributed by atoms with E-state index in [1.165, 1.54) is 9.47 Å². The van der Waals surface area contributed by atoms with Gasteiger partial charge in [0.2, 0.25) is 5.91 Å². The molecule has 2 aliphatic rings. The molecule has 29 heavy (non-hydrogen) atoms. The number of nitrogens with zero attached hydrogens (tertiary/aromatic N) is 5. The van der Waals surface area contributed by atoms with Crippen molar-refractivity contribution in [2.75, 3.05) is 13.1 Å². The first kappa shape index (κ1) is 19.6. The molecule has 1 N–H and O–H groups in total. The molecule has 0 aromatic carbocycles. The van der Waals surface area contributed by atoms with Crippen LogP contribution in [0.3, 0.4) is 0 Å². The number of hydrogen-bond donors (Lipinski definition) is 1. The van der Waals surface area contributed by atoms with Crippen LogP contribution in [-0.2, 0) is 23.9 Å². The highest BCUT2D eigenvalue weighted by molar-refractivity contribution is 5.81. The number of aliphatic hydroxyl groups is 1. The van der Waals surface area contributed by atoms with Crippen LogP contribution in [0.2, 0.25) is 0 Å². The van der Waals surface area contributed by atoms with Gasteiger partial charge in [-0.05, 0) is 18.9 Å². The van der Waals surface area contributed by atoms with Crippen molar-refractivity contribution in [1.82, 2.24) is 24.2 Å². The van der Waals surface area contributed by atoms with Crippen LogP contribution in [0.15, 0.2) is 17.1 Å². The van der Waals surface area contributed by atoms with Gasteiger partial charge in [-0.15, -0.1) is 0 Å². The Labute approximate surface area is 161 Å². The standard InChI is InChI=1S/C17H17F4N5O3/c18-13-9(4-5-22-14(13)17(19,20)21)6-25-16(29)26-11(2-1-3-12(26)23-25)15(28)24-7-10(27)8-24/h4-5,10-11,27H,1-3,6-8H2. The second-order valence-corrected chi connectivity index (χ2v) is 7.16. The molecule has 4 heterocycles. The number of likely N-dealkylation sites (tertiary alicyclic amines) is 1. The number of aryl methyl sites for hydroxylation is 1. The van der Waals surface area contributed by atoms with Crippen LogP contribution in [0.25, 0.3) is 0 Å². The van der Waals surface area contributed by atoms with Gasteiger partial charge in [0.1, 0.15) is 11.9 Å². The van der Waals surface area contributed by atoms with Crippen LogP contribution < -0.4 is 5.69 Å². The maximum atomic E-state index is 14.3. The third kappa shape index (κ3) is 3.41. The summed E-state index contributed by atoms with van der Waals surface area (Å²) in [5.74, 6) is -1.54. The van der Waals surface area contributed by atoms with Crippen molar-refractivity contribution in [2.45, 2.75) is 44.1 Å². The molecule has 0 saturated carbocycles. The van der Waals surface area contributed by atoms with Crippen LogP contribution in [-0.4, -0.2) is 54.4 Å². The summed E-state index contributed by atoms with van der Waals surface area (Å²) in [6.07, 6.45) is -3.29. The van der Waals surface area contributed by atoms with Crippen molar-refractivity contribution < 1.29 is 27.5 Å². The number of pyridine rings is 1. The summed E-state index contributed by atoms with van der Waals surface area (Å²) in [6, 6.07) is 0.264. The van der Waals surface area contributed by atoms with E-state index < -0.39 is 42.1 Å². The van der Waals surface area contributed by atoms with Crippen LogP contribution in [0, 0.1) is 5.82 Å². The molecule has 1 saturated heterocycles. The molecule has 0 aliphatic carbocycles. The highest BCUT2D eigenvalue weighted by Gasteiger charge is 2.39. The van der Waals surface area contributed by atoms with Gasteiger partial charge in [0.05, 0.1) is 12.6 Å². The first-order valence-corrected chi connectivity index (χ1v) is 9.02. The maximum absolute atomic E-state index is 14.3. The lowest BCUT2D eigenvalue weighted by Crippen LogP contribution is -2.56. The van der Waals surface area contributed by atoms with E-state index in [4.69, 9.17) is 0 Å². The number of β-amino-alcohol motifs (C(OH)–C–C–N with tert-alkyl or cyclic N) is 1. The van der Waals surface area contributed by atoms with Crippen LogP contribution in [0.4, 0.5) is 17.6 Å². The molecule has 8 nitrogen and oxygen atoms in total. The third-order valence-corrected chi connectivity index (χ3v) is 5.15. The Morgan fingerprint density at radius 2 is 2.03 bits per heavy atom. The van der Waals surface area contributed by atoms with E-state index in [1.54, 1.807) is 0 Å². The molecule has 2 aromatic heterocycles. The Morgan fingerprint density at radius 3 is 2.69 bits per heavy atom. The summed E-state index contributed by atoms with van der Waals surface area (Å²) in [6.45, 7) is -0.133. The van der Waals surface area contributed by atoms with Gasteiger partial charge in [-0.2, -0.15) is 18.3 Å². The molecule has 0 bridgehead atoms. The molecule has 12 heteroatoms. The fourth-order valence-corrected chi connectivity index (χ4v) is 3.68. The van der Waals surface area contributed by atoms with E-state index in [0.29, 0.717) is 25.1 Å². The number of rotatable bonds is 3. The number of aromatic nitrogens is 4. The van der Waals surface area contributed by atoms with E-state index in [9.17, 15) is 32.3 Å². The summed E-state index contributed by atoms with van der Waals surface area (Å²) in [7, 11) is 0. The Morgan fingerprint density at radius 1 is 1.31 bits per heavy atom. The number of hydrogen-bond acceptors (Lipinski definition) is 5. The zero-order valence-electron chi connectivity index (χ0n) is 15.1. The van der Waals surface area contributed by atoms with Crippen molar-refractivity contribution in [2.24, 2.45) is 0 Å². The summed E-state index contributed by atoms with van der Waals surface area (Å²) >= 11 is 0. The number of amides is 1. The van der Waals surface area contributed by atoms with Crippen LogP contribution in [0.1, 0.15) is 36.0 Å². The molecule has 0 spiro atoms. The topological polar surface area (TPSA) is 93.2 Å². The minimum atomic E-state index is -4.96. The van der Waals surface area contributed by atoms with Crippen LogP contribution >= 0.6 is 0 Å². The van der Waals surface area contributed by atoms with Crippen molar-refractivity contribution in [3.8, 4) is 0 Å². The van der Waals surface area contributed by atoms with E-state index in [0.717, 1.165) is 16.9 Å². The molecule has 156 valence electrons. The minimum absolute atomic E-state index is 0.190. The number of alkyl halides is 3. The summed E-state index contributed by atoms with van der Waals surface area (Å²) in [4.78, 5) is 29.9. The molecule has 1 fully saturated rings. The Kier molecular flexibility index (Phi) is 4.68. The van der Waals surface area contributed by atoms with Gasteiger partial charge in [0.25, 0.3) is 0 Å². The van der Waals surface area contributed by atoms with Gasteiger partial charge in [0.15, 0.2) is 11.5 Å². The fraction of sp³-hybridized carbons (Fsp3) is 0.529. The maximum Gasteiger partial charge on any atom is 0.436 e. The van der Waals surface area contributed by atoms with Gasteiger partial charge in [-0.3, -0.25) is 9.36 Å². The van der Waals surface area contributed by atoms with Crippen LogP contribution in [0.5, 0.6) is 0 Å². The van der Waals surface area contributed by atoms with Crippen molar-refractivity contribution in [1.29, 1.82) is 0 Å². The minimum Gasteiger partial charge on any atom is -0.389 e. The fourth-order valence-electron chi connectivity index (χ4n) is 3.68. The Balaban J connectivity index is 1.65. The lowest BCUT2D eigenvalue weighted by atomic mass is 10.0. The summed E-state index contributed by atoms with van der Waals surface area (Å²) < 4.78 is 54.9. The zero-order chi connectivity index (χ0) is 20.9. The van der Waals surface area contributed by atoms with E-state index in [2.05, 4.69) is 10.1 Å². The highest BCUT2D eigenvalue weighted by atomic mass is 19.4. The number of carbonyl (C=O) groups excluding carboxylic acids is 1. The Bertz CT molecular complexity index is 1010. The molecule has 2 aliphatic heterocycles. The monoisotopic (exact) mass is 415 g/mol. The number of halogens is 4. The number of fused-ring (bicyclic) bond motifs is 1. The smallest absolute Gasteiger partial charge is 0.389 e. The molecule has 1 amide bonds. The SMILES string of the molecule is O=C(C1CCCc2nn(Cc3ccnc(C(F)(F)F)c3F)c(=O)n21)N1CC(O)C1. The van der Waals surface area contributed by atoms with E-state index >= 15 is 0 Å². The second-order valence-electron chi connectivity index (χ2n) is 7.16. The van der Waals surface area contributed by atoms with Gasteiger partial charge >= 0.3 is 11.9 Å². The number of carbonyl (C=O) groups is 1. The molecule has 2 aromatic rings. The summed E-state index contributed by atoms with van der Waals surface area (Å²) in [5.41, 5.74) is -2.72. The molecule has 1 atom stereocenters. The van der Waals surface area contributed by atoms with Gasteiger partial charge in [0, 0.05) is 31.3 Å². The second kappa shape index (κ2) is 6.94. The van der Waals surface area contributed by atoms with Crippen molar-refractivity contribution in [3.63, 3.8) is 0 Å². The highest BCUT2D eigenvalue weighted by Crippen LogP contribution is 2.31. The van der Waals surface area contributed by atoms with Gasteiger partial charge < -0.3 is 10.0 Å². The quantitative estimate of drug-likeness (QED) is 0.746. The average molecular weight is 415 g/mol. The summed E-state index contributed by atoms with van der Waals surface area (Å²) in [5, 5.41) is 13.5. The molecule has 4 rings (SSSR count). The van der Waals surface area contributed by atoms with Gasteiger partial charge in [-0.25, -0.2) is 18.9 Å². The van der Waals surface area contributed by atoms with E-state index in [-0.39, 0.29) is 24.6 Å². The molecule has 1 unspecified atom stereocenters. The van der Waals surface area contributed by atoms with Crippen molar-refractivity contribution >= 4 is 5.91 Å². The van der Waals surface area contributed by atoms with E-state index in [1.807, 2.05) is 0 Å². The van der Waals surface area contributed by atoms with Crippen molar-refractivity contribution in [3.05, 3.63) is 45.6 Å². The molecule has 0 radical (unpaired) electrons. The lowest BCUT2D eigenvalue weighted by Gasteiger charge is -2.39. The predicted molar refractivity (Wildman–Crippen MR) is 89.3 cm³/mol. The molecular weight excluding hydrogens is 398 g/mol. The lowest BCUT2D eigenvalue weighted by molar-refractivity contribution is -0.145. The molecular formula is C17H17F4N5O3.